The van der Waals surface area contributed by atoms with Gasteiger partial charge in [0.1, 0.15) is 11.6 Å². The zero-order chi connectivity index (χ0) is 13.4. The normalized spacial score (nSPS) is 16.6. The van der Waals surface area contributed by atoms with Crippen LogP contribution in [0.3, 0.4) is 0 Å². The monoisotopic (exact) mass is 258 g/mol. The number of nitrogens with one attached hydrogen (secondary N) is 1. The fraction of sp³-hybridized carbons (Fsp3) is 0.462. The number of aromatic amines is 1. The lowest BCUT2D eigenvalue weighted by molar-refractivity contribution is 0.390. The Balaban J connectivity index is 2.20. The lowest BCUT2D eigenvalue weighted by atomic mass is 9.85. The first-order valence-electron chi connectivity index (χ1n) is 6.45. The smallest absolute Gasteiger partial charge is 0.258 e. The molecule has 0 aromatic carbocycles. The standard InChI is InChI=1S/C13H14N4O2/c14-6-9-7-15-17-11(9)16-12(18)10(13(17)19)8-4-2-1-3-5-8/h7-8,19H,1-5H2,(H,16,18). The van der Waals surface area contributed by atoms with E-state index in [0.29, 0.717) is 5.56 Å². The Hall–Kier alpha value is -2.29. The maximum Gasteiger partial charge on any atom is 0.258 e. The van der Waals surface area contributed by atoms with Crippen molar-refractivity contribution in [1.29, 1.82) is 5.26 Å². The fourth-order valence-electron chi connectivity index (χ4n) is 2.86. The van der Waals surface area contributed by atoms with E-state index in [1.54, 1.807) is 0 Å². The van der Waals surface area contributed by atoms with Gasteiger partial charge in [0.25, 0.3) is 5.56 Å². The predicted molar refractivity (Wildman–Crippen MR) is 68.0 cm³/mol. The quantitative estimate of drug-likeness (QED) is 0.813. The van der Waals surface area contributed by atoms with Crippen LogP contribution in [0.15, 0.2) is 11.0 Å². The molecule has 0 unspecified atom stereocenters. The average molecular weight is 258 g/mol. The highest BCUT2D eigenvalue weighted by Crippen LogP contribution is 2.34. The second-order valence-corrected chi connectivity index (χ2v) is 4.96. The van der Waals surface area contributed by atoms with Crippen LogP contribution < -0.4 is 5.56 Å². The molecule has 0 aliphatic heterocycles. The van der Waals surface area contributed by atoms with Crippen molar-refractivity contribution >= 4 is 5.65 Å². The highest BCUT2D eigenvalue weighted by molar-refractivity contribution is 5.55. The number of nitriles is 1. The first-order valence-corrected chi connectivity index (χ1v) is 6.45. The third-order valence-electron chi connectivity index (χ3n) is 3.82. The molecule has 98 valence electrons. The van der Waals surface area contributed by atoms with E-state index in [4.69, 9.17) is 5.26 Å². The van der Waals surface area contributed by atoms with Gasteiger partial charge in [0.15, 0.2) is 5.65 Å². The van der Waals surface area contributed by atoms with Crippen molar-refractivity contribution in [3.05, 3.63) is 27.7 Å². The molecule has 1 fully saturated rings. The summed E-state index contributed by atoms with van der Waals surface area (Å²) in [4.78, 5) is 14.8. The molecule has 0 bridgehead atoms. The summed E-state index contributed by atoms with van der Waals surface area (Å²) in [6, 6.07) is 1.94. The van der Waals surface area contributed by atoms with Gasteiger partial charge in [-0.15, -0.1) is 0 Å². The molecule has 0 amide bonds. The molecule has 2 heterocycles. The van der Waals surface area contributed by atoms with Crippen LogP contribution in [0.1, 0.15) is 49.1 Å². The maximum absolute atomic E-state index is 12.2. The van der Waals surface area contributed by atoms with E-state index in [1.807, 2.05) is 6.07 Å². The number of fused-ring (bicyclic) bond motifs is 1. The van der Waals surface area contributed by atoms with Gasteiger partial charge in [0.2, 0.25) is 5.88 Å². The van der Waals surface area contributed by atoms with Crippen LogP contribution in [0.5, 0.6) is 5.88 Å². The maximum atomic E-state index is 12.2. The van der Waals surface area contributed by atoms with E-state index in [2.05, 4.69) is 10.1 Å². The molecule has 19 heavy (non-hydrogen) atoms. The Morgan fingerprint density at radius 1 is 1.42 bits per heavy atom. The molecule has 3 rings (SSSR count). The Kier molecular flexibility index (Phi) is 2.75. The summed E-state index contributed by atoms with van der Waals surface area (Å²) in [6.45, 7) is 0. The number of rotatable bonds is 1. The van der Waals surface area contributed by atoms with E-state index in [9.17, 15) is 9.90 Å². The van der Waals surface area contributed by atoms with Gasteiger partial charge in [-0.25, -0.2) is 0 Å². The summed E-state index contributed by atoms with van der Waals surface area (Å²) in [5.74, 6) is -0.0521. The molecular weight excluding hydrogens is 244 g/mol. The number of hydrogen-bond donors (Lipinski definition) is 2. The van der Waals surface area contributed by atoms with Gasteiger partial charge in [0.05, 0.1) is 11.8 Å². The molecule has 1 saturated carbocycles. The Labute approximate surface area is 109 Å². The number of nitrogens with zero attached hydrogens (tertiary/aromatic N) is 3. The molecule has 2 aromatic heterocycles. The Morgan fingerprint density at radius 3 is 2.84 bits per heavy atom. The zero-order valence-corrected chi connectivity index (χ0v) is 10.4. The van der Waals surface area contributed by atoms with Crippen molar-refractivity contribution in [1.82, 2.24) is 14.6 Å². The van der Waals surface area contributed by atoms with Gasteiger partial charge in [-0.2, -0.15) is 14.9 Å². The number of hydrogen-bond acceptors (Lipinski definition) is 4. The largest absolute Gasteiger partial charge is 0.493 e. The lowest BCUT2D eigenvalue weighted by Gasteiger charge is -2.21. The van der Waals surface area contributed by atoms with Crippen LogP contribution in [0.2, 0.25) is 0 Å². The van der Waals surface area contributed by atoms with Crippen LogP contribution >= 0.6 is 0 Å². The second kappa shape index (κ2) is 4.43. The van der Waals surface area contributed by atoms with Gasteiger partial charge in [-0.1, -0.05) is 19.3 Å². The summed E-state index contributed by atoms with van der Waals surface area (Å²) >= 11 is 0. The number of aromatic hydroxyl groups is 1. The molecule has 2 aromatic rings. The Bertz CT molecular complexity index is 717. The van der Waals surface area contributed by atoms with Crippen molar-refractivity contribution in [3.8, 4) is 11.9 Å². The summed E-state index contributed by atoms with van der Waals surface area (Å²) in [5.41, 5.74) is 0.598. The number of H-pyrrole nitrogens is 1. The highest BCUT2D eigenvalue weighted by atomic mass is 16.3. The molecule has 6 nitrogen and oxygen atoms in total. The van der Waals surface area contributed by atoms with Crippen LogP contribution in [0, 0.1) is 11.3 Å². The molecule has 1 aliphatic rings. The van der Waals surface area contributed by atoms with Gasteiger partial charge >= 0.3 is 0 Å². The lowest BCUT2D eigenvalue weighted by Crippen LogP contribution is -2.20. The second-order valence-electron chi connectivity index (χ2n) is 4.96. The minimum atomic E-state index is -0.311. The Morgan fingerprint density at radius 2 is 2.16 bits per heavy atom. The summed E-state index contributed by atoms with van der Waals surface area (Å²) in [6.07, 6.45) is 6.49. The molecule has 0 radical (unpaired) electrons. The van der Waals surface area contributed by atoms with Crippen LogP contribution in [-0.4, -0.2) is 19.7 Å². The van der Waals surface area contributed by atoms with Gasteiger partial charge < -0.3 is 10.1 Å². The molecule has 0 saturated heterocycles. The predicted octanol–water partition coefficient (Wildman–Crippen LogP) is 1.65. The van der Waals surface area contributed by atoms with Gasteiger partial charge in [0, 0.05) is 0 Å². The van der Waals surface area contributed by atoms with Gasteiger partial charge in [-0.05, 0) is 18.8 Å². The third-order valence-corrected chi connectivity index (χ3v) is 3.82. The molecule has 1 aliphatic carbocycles. The summed E-state index contributed by atoms with van der Waals surface area (Å²) in [7, 11) is 0. The minimum absolute atomic E-state index is 0.0802. The van der Waals surface area contributed by atoms with Crippen LogP contribution in [-0.2, 0) is 0 Å². The van der Waals surface area contributed by atoms with E-state index in [-0.39, 0.29) is 28.6 Å². The van der Waals surface area contributed by atoms with Crippen molar-refractivity contribution < 1.29 is 5.11 Å². The fourth-order valence-corrected chi connectivity index (χ4v) is 2.86. The first-order chi connectivity index (χ1) is 9.22. The van der Waals surface area contributed by atoms with Crippen molar-refractivity contribution in [2.75, 3.05) is 0 Å². The third kappa shape index (κ3) is 1.78. The van der Waals surface area contributed by atoms with E-state index >= 15 is 0 Å². The summed E-state index contributed by atoms with van der Waals surface area (Å²) < 4.78 is 1.24. The van der Waals surface area contributed by atoms with Crippen LogP contribution in [0.4, 0.5) is 0 Å². The van der Waals surface area contributed by atoms with Crippen molar-refractivity contribution in [2.45, 2.75) is 38.0 Å². The molecule has 0 spiro atoms. The van der Waals surface area contributed by atoms with E-state index in [0.717, 1.165) is 25.7 Å². The zero-order valence-electron chi connectivity index (χ0n) is 10.4. The van der Waals surface area contributed by atoms with Crippen LogP contribution in [0.25, 0.3) is 5.65 Å². The first kappa shape index (κ1) is 11.8. The minimum Gasteiger partial charge on any atom is -0.493 e. The SMILES string of the molecule is N#Cc1cnn2c(O)c(C3CCCCC3)c(=O)[nH]c12. The number of aromatic nitrogens is 3. The van der Waals surface area contributed by atoms with Crippen molar-refractivity contribution in [3.63, 3.8) is 0 Å². The molecular formula is C13H14N4O2. The molecule has 6 heteroatoms. The highest BCUT2D eigenvalue weighted by Gasteiger charge is 2.24. The average Bonchev–Trinajstić information content (AvgIpc) is 2.83. The van der Waals surface area contributed by atoms with Crippen molar-refractivity contribution in [2.24, 2.45) is 0 Å². The topological polar surface area (TPSA) is 94.2 Å². The summed E-state index contributed by atoms with van der Waals surface area (Å²) in [5, 5.41) is 23.1. The van der Waals surface area contributed by atoms with E-state index in [1.165, 1.54) is 17.1 Å². The molecule has 0 atom stereocenters. The molecule has 2 N–H and O–H groups in total. The van der Waals surface area contributed by atoms with Gasteiger partial charge in [-0.3, -0.25) is 4.79 Å². The van der Waals surface area contributed by atoms with E-state index < -0.39 is 0 Å².